The number of carbonyl (C=O) groups excluding carboxylic acids is 3. The fraction of sp³-hybridized carbons (Fsp3) is 0.526. The first-order chi connectivity index (χ1) is 13.4. The summed E-state index contributed by atoms with van der Waals surface area (Å²) < 4.78 is 49.7. The van der Waals surface area contributed by atoms with Gasteiger partial charge in [-0.1, -0.05) is 12.1 Å². The molecular formula is C19H24F3NO6. The molecule has 0 spiro atoms. The molecule has 1 amide bonds. The Morgan fingerprint density at radius 1 is 1.00 bits per heavy atom. The summed E-state index contributed by atoms with van der Waals surface area (Å²) in [7, 11) is 0. The maximum absolute atomic E-state index is 13.5. The molecule has 1 rings (SSSR count). The van der Waals surface area contributed by atoms with E-state index in [9.17, 15) is 32.7 Å². The summed E-state index contributed by atoms with van der Waals surface area (Å²) >= 11 is 0. The van der Waals surface area contributed by atoms with Gasteiger partial charge in [-0.25, -0.2) is 4.79 Å². The summed E-state index contributed by atoms with van der Waals surface area (Å²) in [6.07, 6.45) is -5.64. The molecule has 0 fully saturated rings. The van der Waals surface area contributed by atoms with Crippen molar-refractivity contribution in [3.05, 3.63) is 28.8 Å². The molecule has 0 aliphatic heterocycles. The lowest BCUT2D eigenvalue weighted by molar-refractivity contribution is -0.267. The molecule has 162 valence electrons. The number of aliphatic hydroxyl groups is 1. The molecule has 1 atom stereocenters. The molecule has 0 aliphatic rings. The van der Waals surface area contributed by atoms with E-state index in [4.69, 9.17) is 4.74 Å². The molecule has 0 radical (unpaired) electrons. The molecule has 1 aromatic rings. The van der Waals surface area contributed by atoms with Crippen molar-refractivity contribution in [3.63, 3.8) is 0 Å². The number of halogens is 3. The number of ether oxygens (including phenoxy) is 2. The van der Waals surface area contributed by atoms with E-state index in [1.54, 1.807) is 6.92 Å². The molecule has 0 heterocycles. The lowest BCUT2D eigenvalue weighted by atomic mass is 9.89. The average molecular weight is 419 g/mol. The quantitative estimate of drug-likeness (QED) is 0.629. The van der Waals surface area contributed by atoms with Gasteiger partial charge in [-0.05, 0) is 38.8 Å². The van der Waals surface area contributed by atoms with E-state index in [1.807, 2.05) is 0 Å². The van der Waals surface area contributed by atoms with Crippen LogP contribution in [0.5, 0.6) is 0 Å². The van der Waals surface area contributed by atoms with Crippen molar-refractivity contribution in [1.82, 2.24) is 0 Å². The maximum atomic E-state index is 13.5. The van der Waals surface area contributed by atoms with Gasteiger partial charge in [0.25, 0.3) is 5.60 Å². The van der Waals surface area contributed by atoms with Crippen LogP contribution in [-0.2, 0) is 29.5 Å². The highest BCUT2D eigenvalue weighted by Crippen LogP contribution is 2.41. The summed E-state index contributed by atoms with van der Waals surface area (Å²) in [5.41, 5.74) is -3.96. The van der Waals surface area contributed by atoms with Crippen LogP contribution >= 0.6 is 0 Å². The number of anilines is 1. The molecule has 0 aliphatic carbocycles. The van der Waals surface area contributed by atoms with Crippen molar-refractivity contribution in [2.45, 2.75) is 52.3 Å². The number of carbonyl (C=O) groups is 3. The SMILES string of the molecule is CCOC(=O)CCC(=O)Nc1c(C)cc([C@@](O)(C(=O)OCC)C(F)(F)F)cc1C. The van der Waals surface area contributed by atoms with Gasteiger partial charge in [-0.15, -0.1) is 0 Å². The maximum Gasteiger partial charge on any atom is 0.432 e. The van der Waals surface area contributed by atoms with Gasteiger partial charge >= 0.3 is 18.1 Å². The zero-order valence-electron chi connectivity index (χ0n) is 16.6. The van der Waals surface area contributed by atoms with Crippen LogP contribution in [0.1, 0.15) is 43.4 Å². The van der Waals surface area contributed by atoms with Crippen molar-refractivity contribution < 1.29 is 42.1 Å². The largest absolute Gasteiger partial charge is 0.466 e. The first kappa shape index (κ1) is 24.4. The van der Waals surface area contributed by atoms with E-state index in [0.717, 1.165) is 12.1 Å². The molecule has 10 heteroatoms. The van der Waals surface area contributed by atoms with Gasteiger partial charge in [0.2, 0.25) is 5.91 Å². The third-order valence-corrected chi connectivity index (χ3v) is 4.06. The van der Waals surface area contributed by atoms with Gasteiger partial charge in [0.15, 0.2) is 0 Å². The number of benzene rings is 1. The molecule has 0 saturated heterocycles. The third-order valence-electron chi connectivity index (χ3n) is 4.06. The van der Waals surface area contributed by atoms with Crippen molar-refractivity contribution in [2.24, 2.45) is 0 Å². The Morgan fingerprint density at radius 3 is 1.97 bits per heavy atom. The lowest BCUT2D eigenvalue weighted by Gasteiger charge is -2.29. The zero-order valence-corrected chi connectivity index (χ0v) is 16.6. The highest BCUT2D eigenvalue weighted by atomic mass is 19.4. The Labute approximate surface area is 166 Å². The number of rotatable bonds is 8. The van der Waals surface area contributed by atoms with Crippen LogP contribution < -0.4 is 5.32 Å². The number of hydrogen-bond donors (Lipinski definition) is 2. The first-order valence-corrected chi connectivity index (χ1v) is 8.91. The minimum Gasteiger partial charge on any atom is -0.466 e. The van der Waals surface area contributed by atoms with E-state index in [-0.39, 0.29) is 42.9 Å². The van der Waals surface area contributed by atoms with Crippen LogP contribution in [0.25, 0.3) is 0 Å². The number of hydrogen-bond acceptors (Lipinski definition) is 6. The standard InChI is InChI=1S/C19H24F3NO6/c1-5-28-15(25)8-7-14(24)23-16-11(3)9-13(10-12(16)4)18(27,19(20,21)22)17(26)29-6-2/h9-10,27H,5-8H2,1-4H3,(H,23,24)/t18-/m1/s1. The number of alkyl halides is 3. The molecule has 29 heavy (non-hydrogen) atoms. The summed E-state index contributed by atoms with van der Waals surface area (Å²) in [5.74, 6) is -2.91. The number of aryl methyl sites for hydroxylation is 2. The Hall–Kier alpha value is -2.62. The fourth-order valence-corrected chi connectivity index (χ4v) is 2.65. The Kier molecular flexibility index (Phi) is 8.19. The van der Waals surface area contributed by atoms with E-state index in [1.165, 1.54) is 20.8 Å². The van der Waals surface area contributed by atoms with Gasteiger partial charge in [-0.2, -0.15) is 13.2 Å². The normalized spacial score (nSPS) is 13.4. The third kappa shape index (κ3) is 5.69. The van der Waals surface area contributed by atoms with E-state index in [2.05, 4.69) is 10.1 Å². The molecule has 0 unspecified atom stereocenters. The van der Waals surface area contributed by atoms with E-state index >= 15 is 0 Å². The Balaban J connectivity index is 3.17. The van der Waals surface area contributed by atoms with Gasteiger partial charge in [0.1, 0.15) is 0 Å². The molecule has 0 saturated carbocycles. The second kappa shape index (κ2) is 9.73. The zero-order chi connectivity index (χ0) is 22.4. The van der Waals surface area contributed by atoms with Crippen molar-refractivity contribution in [3.8, 4) is 0 Å². The summed E-state index contributed by atoms with van der Waals surface area (Å²) in [5, 5.41) is 12.7. The summed E-state index contributed by atoms with van der Waals surface area (Å²) in [4.78, 5) is 35.3. The molecule has 0 bridgehead atoms. The lowest BCUT2D eigenvalue weighted by Crippen LogP contribution is -2.50. The second-order valence-electron chi connectivity index (χ2n) is 6.27. The predicted molar refractivity (Wildman–Crippen MR) is 97.0 cm³/mol. The molecule has 1 aromatic carbocycles. The van der Waals surface area contributed by atoms with Crippen molar-refractivity contribution in [2.75, 3.05) is 18.5 Å². The number of nitrogens with one attached hydrogen (secondary N) is 1. The monoisotopic (exact) mass is 419 g/mol. The molecule has 0 aromatic heterocycles. The average Bonchev–Trinajstić information content (AvgIpc) is 2.61. The number of amides is 1. The van der Waals surface area contributed by atoms with Gasteiger partial charge in [0.05, 0.1) is 19.6 Å². The first-order valence-electron chi connectivity index (χ1n) is 8.91. The Morgan fingerprint density at radius 2 is 1.52 bits per heavy atom. The van der Waals surface area contributed by atoms with Gasteiger partial charge < -0.3 is 19.9 Å². The van der Waals surface area contributed by atoms with Crippen LogP contribution in [-0.4, -0.2) is 42.3 Å². The minimum atomic E-state index is -5.32. The fourth-order valence-electron chi connectivity index (χ4n) is 2.65. The van der Waals surface area contributed by atoms with Gasteiger partial charge in [-0.3, -0.25) is 9.59 Å². The highest BCUT2D eigenvalue weighted by Gasteiger charge is 2.62. The smallest absolute Gasteiger partial charge is 0.432 e. The summed E-state index contributed by atoms with van der Waals surface area (Å²) in [6.45, 7) is 5.62. The Bertz CT molecular complexity index is 755. The minimum absolute atomic E-state index is 0.146. The van der Waals surface area contributed by atoms with Crippen LogP contribution in [0.2, 0.25) is 0 Å². The molecule has 2 N–H and O–H groups in total. The topological polar surface area (TPSA) is 102 Å². The van der Waals surface area contributed by atoms with Crippen LogP contribution in [0.15, 0.2) is 12.1 Å². The highest BCUT2D eigenvalue weighted by molar-refractivity contribution is 5.94. The van der Waals surface area contributed by atoms with Crippen LogP contribution in [0, 0.1) is 13.8 Å². The number of esters is 2. The van der Waals surface area contributed by atoms with E-state index < -0.39 is 35.2 Å². The van der Waals surface area contributed by atoms with Crippen LogP contribution in [0.3, 0.4) is 0 Å². The van der Waals surface area contributed by atoms with Crippen molar-refractivity contribution in [1.29, 1.82) is 0 Å². The summed E-state index contributed by atoms with van der Waals surface area (Å²) in [6, 6.07) is 1.91. The van der Waals surface area contributed by atoms with Gasteiger partial charge in [0, 0.05) is 17.7 Å². The molecule has 7 nitrogen and oxygen atoms in total. The van der Waals surface area contributed by atoms with Crippen molar-refractivity contribution >= 4 is 23.5 Å². The van der Waals surface area contributed by atoms with E-state index in [0.29, 0.717) is 0 Å². The molecular weight excluding hydrogens is 395 g/mol. The predicted octanol–water partition coefficient (Wildman–Crippen LogP) is 2.90. The second-order valence-corrected chi connectivity index (χ2v) is 6.27. The van der Waals surface area contributed by atoms with Crippen LogP contribution in [0.4, 0.5) is 18.9 Å².